The molecule has 1 rings (SSSR count). The minimum atomic E-state index is -1.93. The SMILES string of the molecule is CC/C=C\C/C=C\C/C=C\C/C=C\C/C=C\CCCC(=O)OCC(COC1OC(C(=O)O)C(O)C(O)C1OC(=O)CCCCCCC/C=C\C/C=C\CCCCC)OC(=O)CCCC/C=C\C/C=C\C/C=C\C/C=C\CC. The number of carboxylic acid groups (broad SMARTS) is 1. The van der Waals surface area contributed by atoms with E-state index in [0.29, 0.717) is 25.7 Å². The maximum Gasteiger partial charge on any atom is 0.335 e. The third-order valence-corrected chi connectivity index (χ3v) is 12.2. The van der Waals surface area contributed by atoms with E-state index in [2.05, 4.69) is 142 Å². The lowest BCUT2D eigenvalue weighted by atomic mass is 9.98. The quantitative estimate of drug-likeness (QED) is 0.0228. The van der Waals surface area contributed by atoms with Crippen LogP contribution in [-0.2, 0) is 42.9 Å². The molecule has 3 N–H and O–H groups in total. The third kappa shape index (κ3) is 41.6. The number of hydrogen-bond acceptors (Lipinski definition) is 11. The van der Waals surface area contributed by atoms with Crippen LogP contribution in [0.5, 0.6) is 0 Å². The largest absolute Gasteiger partial charge is 0.479 e. The molecule has 0 aromatic rings. The molecule has 1 heterocycles. The second-order valence-electron chi connectivity index (χ2n) is 19.2. The van der Waals surface area contributed by atoms with E-state index in [1.807, 2.05) is 12.2 Å². The number of ether oxygens (including phenoxy) is 5. The summed E-state index contributed by atoms with van der Waals surface area (Å²) < 4.78 is 28.3. The molecule has 0 aromatic carbocycles. The Morgan fingerprint density at radius 1 is 0.442 bits per heavy atom. The van der Waals surface area contributed by atoms with Crippen LogP contribution in [0.25, 0.3) is 0 Å². The van der Waals surface area contributed by atoms with Crippen LogP contribution in [0.4, 0.5) is 0 Å². The van der Waals surface area contributed by atoms with Crippen molar-refractivity contribution in [3.05, 3.63) is 134 Å². The predicted molar refractivity (Wildman–Crippen MR) is 312 cm³/mol. The highest BCUT2D eigenvalue weighted by atomic mass is 16.7. The van der Waals surface area contributed by atoms with Gasteiger partial charge in [0.15, 0.2) is 24.6 Å². The van der Waals surface area contributed by atoms with Crippen molar-refractivity contribution in [1.82, 2.24) is 0 Å². The molecule has 6 atom stereocenters. The van der Waals surface area contributed by atoms with Gasteiger partial charge in [-0.15, -0.1) is 0 Å². The standard InChI is InChI=1S/C65H100O12/c1-4-7-10-13-16-19-22-25-28-29-32-33-36-39-42-45-48-51-57(66)73-54-56(75-58(67)52-49-46-43-40-37-34-30-26-23-20-17-14-11-8-5-2)55-74-65-63(61(70)60(69)62(77-65)64(71)72)76-59(68)53-50-47-44-41-38-35-31-27-24-21-18-15-12-9-6-3/h7-8,10-11,16-21,25-28,30-33,37,39-40,42,56,60-63,65,69-70H,4-6,9,12-15,22-24,29,34-36,38,41,43-55H2,1-3H3,(H,71,72)/b10-7-,11-8-,19-16-,20-17-,21-18-,28-25-,30-26-,31-27-,33-32-,40-37-,42-39-. The summed E-state index contributed by atoms with van der Waals surface area (Å²) in [5, 5.41) is 31.5. The number of esters is 3. The lowest BCUT2D eigenvalue weighted by Gasteiger charge is -2.40. The minimum Gasteiger partial charge on any atom is -0.479 e. The maximum absolute atomic E-state index is 13.1. The smallest absolute Gasteiger partial charge is 0.335 e. The van der Waals surface area contributed by atoms with Crippen molar-refractivity contribution in [1.29, 1.82) is 0 Å². The Labute approximate surface area is 464 Å². The molecule has 1 aliphatic heterocycles. The van der Waals surface area contributed by atoms with Crippen LogP contribution >= 0.6 is 0 Å². The first kappa shape index (κ1) is 69.9. The fraction of sp³-hybridized carbons (Fsp3) is 0.600. The van der Waals surface area contributed by atoms with Crippen molar-refractivity contribution in [3.63, 3.8) is 0 Å². The van der Waals surface area contributed by atoms with Gasteiger partial charge < -0.3 is 39.0 Å². The Kier molecular flexibility index (Phi) is 46.8. The molecule has 1 fully saturated rings. The van der Waals surface area contributed by atoms with E-state index >= 15 is 0 Å². The Hall–Kier alpha value is -5.14. The zero-order chi connectivity index (χ0) is 56.1. The van der Waals surface area contributed by atoms with Gasteiger partial charge in [0.25, 0.3) is 0 Å². The van der Waals surface area contributed by atoms with Gasteiger partial charge in [0.1, 0.15) is 18.8 Å². The summed E-state index contributed by atoms with van der Waals surface area (Å²) in [5.74, 6) is -3.30. The van der Waals surface area contributed by atoms with Crippen molar-refractivity contribution < 1.29 is 58.2 Å². The van der Waals surface area contributed by atoms with Crippen LogP contribution in [0.15, 0.2) is 134 Å². The third-order valence-electron chi connectivity index (χ3n) is 12.2. The number of carboxylic acids is 1. The highest BCUT2D eigenvalue weighted by molar-refractivity contribution is 5.74. The van der Waals surface area contributed by atoms with Crippen molar-refractivity contribution in [2.24, 2.45) is 0 Å². The number of unbranched alkanes of at least 4 members (excludes halogenated alkanes) is 11. The molecule has 0 radical (unpaired) electrons. The van der Waals surface area contributed by atoms with Crippen molar-refractivity contribution >= 4 is 23.9 Å². The van der Waals surface area contributed by atoms with Crippen molar-refractivity contribution in [2.45, 2.75) is 237 Å². The molecule has 6 unspecified atom stereocenters. The zero-order valence-electron chi connectivity index (χ0n) is 47.4. The van der Waals surface area contributed by atoms with Crippen molar-refractivity contribution in [2.75, 3.05) is 13.2 Å². The summed E-state index contributed by atoms with van der Waals surface area (Å²) in [6, 6.07) is 0. The molecule has 0 aromatic heterocycles. The fourth-order valence-corrected chi connectivity index (χ4v) is 7.78. The van der Waals surface area contributed by atoms with E-state index in [1.54, 1.807) is 0 Å². The summed E-state index contributed by atoms with van der Waals surface area (Å²) in [6.07, 6.45) is 60.0. The van der Waals surface area contributed by atoms with Gasteiger partial charge in [0, 0.05) is 19.3 Å². The summed E-state index contributed by atoms with van der Waals surface area (Å²) >= 11 is 0. The highest BCUT2D eigenvalue weighted by Gasteiger charge is 2.50. The topological polar surface area (TPSA) is 175 Å². The van der Waals surface area contributed by atoms with E-state index in [-0.39, 0.29) is 25.9 Å². The van der Waals surface area contributed by atoms with E-state index in [9.17, 15) is 34.5 Å². The molecule has 0 saturated carbocycles. The Morgan fingerprint density at radius 2 is 0.831 bits per heavy atom. The van der Waals surface area contributed by atoms with Gasteiger partial charge >= 0.3 is 23.9 Å². The highest BCUT2D eigenvalue weighted by Crippen LogP contribution is 2.26. The molecule has 0 aliphatic carbocycles. The molecule has 77 heavy (non-hydrogen) atoms. The number of aliphatic hydroxyl groups is 2. The van der Waals surface area contributed by atoms with Gasteiger partial charge in [-0.3, -0.25) is 14.4 Å². The lowest BCUT2D eigenvalue weighted by molar-refractivity contribution is -0.301. The van der Waals surface area contributed by atoms with E-state index in [0.717, 1.165) is 116 Å². The number of hydrogen-bond donors (Lipinski definition) is 3. The molecule has 1 aliphatic rings. The predicted octanol–water partition coefficient (Wildman–Crippen LogP) is 15.0. The minimum absolute atomic E-state index is 0.0262. The normalized spacial score (nSPS) is 19.0. The summed E-state index contributed by atoms with van der Waals surface area (Å²) in [6.45, 7) is 5.62. The molecule has 0 spiro atoms. The molecule has 432 valence electrons. The van der Waals surface area contributed by atoms with Crippen LogP contribution in [0.1, 0.15) is 201 Å². The second kappa shape index (κ2) is 51.6. The summed E-state index contributed by atoms with van der Waals surface area (Å²) in [5.41, 5.74) is 0. The van der Waals surface area contributed by atoms with Gasteiger partial charge in [0.05, 0.1) is 6.61 Å². The Balaban J connectivity index is 2.79. The van der Waals surface area contributed by atoms with Crippen LogP contribution in [0.2, 0.25) is 0 Å². The average Bonchev–Trinajstić information content (AvgIpc) is 3.42. The fourth-order valence-electron chi connectivity index (χ4n) is 7.78. The monoisotopic (exact) mass is 1070 g/mol. The number of aliphatic hydroxyl groups excluding tert-OH is 2. The van der Waals surface area contributed by atoms with Crippen LogP contribution in [-0.4, -0.2) is 89.2 Å². The second-order valence-corrected chi connectivity index (χ2v) is 19.2. The molecule has 12 heteroatoms. The number of rotatable bonds is 47. The molecule has 0 amide bonds. The summed E-state index contributed by atoms with van der Waals surface area (Å²) in [4.78, 5) is 51.1. The van der Waals surface area contributed by atoms with E-state index in [4.69, 9.17) is 23.7 Å². The summed E-state index contributed by atoms with van der Waals surface area (Å²) in [7, 11) is 0. The molecule has 1 saturated heterocycles. The Bertz CT molecular complexity index is 1850. The van der Waals surface area contributed by atoms with Crippen LogP contribution in [0, 0.1) is 0 Å². The number of allylic oxidation sites excluding steroid dienone is 22. The average molecular weight is 1070 g/mol. The molecular formula is C65H100O12. The van der Waals surface area contributed by atoms with E-state index in [1.165, 1.54) is 19.3 Å². The van der Waals surface area contributed by atoms with Crippen LogP contribution in [0.3, 0.4) is 0 Å². The van der Waals surface area contributed by atoms with Crippen molar-refractivity contribution in [3.8, 4) is 0 Å². The zero-order valence-corrected chi connectivity index (χ0v) is 47.4. The van der Waals surface area contributed by atoms with Gasteiger partial charge in [-0.05, 0) is 128 Å². The maximum atomic E-state index is 13.1. The first-order valence-corrected chi connectivity index (χ1v) is 29.2. The van der Waals surface area contributed by atoms with Gasteiger partial charge in [-0.2, -0.15) is 0 Å². The lowest BCUT2D eigenvalue weighted by Crippen LogP contribution is -2.61. The van der Waals surface area contributed by atoms with E-state index < -0.39 is 67.3 Å². The van der Waals surface area contributed by atoms with Crippen LogP contribution < -0.4 is 0 Å². The Morgan fingerprint density at radius 3 is 1.31 bits per heavy atom. The number of aliphatic carboxylic acids is 1. The van der Waals surface area contributed by atoms with Gasteiger partial charge in [-0.25, -0.2) is 4.79 Å². The molecule has 12 nitrogen and oxygen atoms in total. The number of carbonyl (C=O) groups is 4. The molecule has 0 bridgehead atoms. The van der Waals surface area contributed by atoms with Gasteiger partial charge in [0.2, 0.25) is 0 Å². The van der Waals surface area contributed by atoms with Gasteiger partial charge in [-0.1, -0.05) is 187 Å². The first-order valence-electron chi connectivity index (χ1n) is 29.2. The first-order chi connectivity index (χ1) is 37.6. The number of carbonyl (C=O) groups excluding carboxylic acids is 3. The molecular weight excluding hydrogens is 973 g/mol.